The normalized spacial score (nSPS) is 21.8. The zero-order valence-electron chi connectivity index (χ0n) is 21.1. The minimum atomic E-state index is -0.603. The summed E-state index contributed by atoms with van der Waals surface area (Å²) >= 11 is 0. The number of anilines is 1. The summed E-state index contributed by atoms with van der Waals surface area (Å²) in [4.78, 5) is 37.4. The van der Waals surface area contributed by atoms with E-state index in [2.05, 4.69) is 48.4 Å². The third kappa shape index (κ3) is 3.49. The molecule has 6 rings (SSSR count). The van der Waals surface area contributed by atoms with Crippen molar-refractivity contribution in [3.63, 3.8) is 0 Å². The number of aliphatic imine (C=N–C) groups is 1. The number of carbonyl (C=O) groups excluding carboxylic acids is 2. The molecule has 3 aromatic carbocycles. The molecule has 36 heavy (non-hydrogen) atoms. The average molecular weight is 481 g/mol. The van der Waals surface area contributed by atoms with Crippen LogP contribution in [0.25, 0.3) is 10.8 Å². The number of guanidine groups is 1. The van der Waals surface area contributed by atoms with Crippen molar-refractivity contribution in [3.05, 3.63) is 77.4 Å². The van der Waals surface area contributed by atoms with Crippen LogP contribution in [0.5, 0.6) is 0 Å². The monoisotopic (exact) mass is 480 g/mol. The van der Waals surface area contributed by atoms with Crippen molar-refractivity contribution in [3.8, 4) is 0 Å². The summed E-state index contributed by atoms with van der Waals surface area (Å²) in [6, 6.07) is 19.6. The molecule has 3 aliphatic heterocycles. The first kappa shape index (κ1) is 22.5. The molecule has 2 unspecified atom stereocenters. The zero-order valence-corrected chi connectivity index (χ0v) is 21.1. The van der Waals surface area contributed by atoms with Crippen LogP contribution in [0, 0.1) is 19.8 Å². The van der Waals surface area contributed by atoms with Crippen molar-refractivity contribution >= 4 is 40.2 Å². The molecule has 2 atom stereocenters. The van der Waals surface area contributed by atoms with E-state index in [1.807, 2.05) is 42.5 Å². The highest BCUT2D eigenvalue weighted by Gasteiger charge is 2.55. The predicted molar refractivity (Wildman–Crippen MR) is 141 cm³/mol. The largest absolute Gasteiger partial charge is 0.397 e. The number of imide groups is 1. The SMILES string of the molecule is Cc1cc(C)cc(N2CC(C)C[N+]3=C2N=C2C3C(=O)N(Cc3cccc4ccccc34)C(=O)N2C)c1. The van der Waals surface area contributed by atoms with Crippen LogP contribution >= 0.6 is 0 Å². The molecule has 0 spiro atoms. The fraction of sp³-hybridized carbons (Fsp3) is 0.310. The van der Waals surface area contributed by atoms with Crippen molar-refractivity contribution < 1.29 is 14.2 Å². The minimum absolute atomic E-state index is 0.214. The second kappa shape index (κ2) is 8.29. The molecular formula is C29H30N5O2+. The highest BCUT2D eigenvalue weighted by molar-refractivity contribution is 6.24. The van der Waals surface area contributed by atoms with Crippen LogP contribution in [-0.2, 0) is 11.3 Å². The van der Waals surface area contributed by atoms with Gasteiger partial charge in [-0.3, -0.25) is 14.6 Å². The first-order valence-corrected chi connectivity index (χ1v) is 12.5. The summed E-state index contributed by atoms with van der Waals surface area (Å²) in [5.74, 6) is 1.37. The maximum atomic E-state index is 13.9. The summed E-state index contributed by atoms with van der Waals surface area (Å²) < 4.78 is 2.09. The van der Waals surface area contributed by atoms with Crippen LogP contribution in [0.3, 0.4) is 0 Å². The molecule has 3 heterocycles. The van der Waals surface area contributed by atoms with Crippen molar-refractivity contribution in [1.82, 2.24) is 9.80 Å². The van der Waals surface area contributed by atoms with Gasteiger partial charge in [-0.25, -0.2) is 14.3 Å². The number of amides is 3. The Balaban J connectivity index is 1.40. The summed E-state index contributed by atoms with van der Waals surface area (Å²) in [7, 11) is 1.72. The van der Waals surface area contributed by atoms with E-state index in [0.29, 0.717) is 18.3 Å². The Morgan fingerprint density at radius 2 is 1.72 bits per heavy atom. The molecule has 3 aromatic rings. The van der Waals surface area contributed by atoms with Gasteiger partial charge in [-0.05, 0) is 53.4 Å². The molecule has 3 aliphatic rings. The predicted octanol–water partition coefficient (Wildman–Crippen LogP) is 4.16. The summed E-state index contributed by atoms with van der Waals surface area (Å²) in [6.07, 6.45) is 0. The standard InChI is InChI=1S/C29H30N5O2/c1-18-12-19(2)14-23(13-18)32-15-20(3)16-33-25-26(30-28(32)33)31(4)29(36)34(27(25)35)17-22-10-7-9-21-8-5-6-11-24(21)22/h5-14,20,25H,15-17H2,1-4H3/q+1. The Morgan fingerprint density at radius 1 is 1.00 bits per heavy atom. The van der Waals surface area contributed by atoms with E-state index in [1.165, 1.54) is 16.0 Å². The second-order valence-corrected chi connectivity index (χ2v) is 10.3. The van der Waals surface area contributed by atoms with Crippen molar-refractivity contribution in [1.29, 1.82) is 0 Å². The number of amidine groups is 1. The van der Waals surface area contributed by atoms with E-state index >= 15 is 0 Å². The molecule has 0 N–H and O–H groups in total. The number of carbonyl (C=O) groups is 2. The number of aryl methyl sites for hydroxylation is 2. The number of likely N-dealkylation sites (N-methyl/N-ethyl adjacent to an activating group) is 1. The fourth-order valence-electron chi connectivity index (χ4n) is 5.77. The van der Waals surface area contributed by atoms with Crippen molar-refractivity contribution in [2.75, 3.05) is 25.0 Å². The number of fused-ring (bicyclic) bond motifs is 3. The van der Waals surface area contributed by atoms with Crippen LogP contribution < -0.4 is 4.90 Å². The van der Waals surface area contributed by atoms with Crippen LogP contribution in [0.1, 0.15) is 23.6 Å². The maximum absolute atomic E-state index is 13.9. The van der Waals surface area contributed by atoms with Gasteiger partial charge in [0.2, 0.25) is 11.9 Å². The molecule has 182 valence electrons. The van der Waals surface area contributed by atoms with E-state index < -0.39 is 6.04 Å². The Hall–Kier alpha value is -4.00. The molecule has 7 heteroatoms. The highest BCUT2D eigenvalue weighted by atomic mass is 16.2. The van der Waals surface area contributed by atoms with Gasteiger partial charge >= 0.3 is 12.0 Å². The average Bonchev–Trinajstić information content (AvgIpc) is 3.24. The van der Waals surface area contributed by atoms with E-state index in [0.717, 1.165) is 34.5 Å². The van der Waals surface area contributed by atoms with E-state index in [4.69, 9.17) is 4.99 Å². The van der Waals surface area contributed by atoms with Crippen LogP contribution in [-0.4, -0.2) is 64.3 Å². The number of benzene rings is 3. The minimum Gasteiger partial charge on any atom is -0.270 e. The number of rotatable bonds is 3. The summed E-state index contributed by atoms with van der Waals surface area (Å²) in [6.45, 7) is 8.13. The molecule has 3 amide bonds. The first-order valence-electron chi connectivity index (χ1n) is 12.5. The zero-order chi connectivity index (χ0) is 25.1. The Morgan fingerprint density at radius 3 is 2.50 bits per heavy atom. The van der Waals surface area contributed by atoms with Gasteiger partial charge in [0.15, 0.2) is 0 Å². The molecule has 1 saturated heterocycles. The van der Waals surface area contributed by atoms with E-state index in [-0.39, 0.29) is 18.5 Å². The van der Waals surface area contributed by atoms with Gasteiger partial charge in [0.25, 0.3) is 5.91 Å². The topological polar surface area (TPSA) is 59.2 Å². The fourth-order valence-corrected chi connectivity index (χ4v) is 5.77. The van der Waals surface area contributed by atoms with Crippen LogP contribution in [0.4, 0.5) is 10.5 Å². The number of urea groups is 1. The molecule has 0 radical (unpaired) electrons. The Bertz CT molecular complexity index is 1460. The number of hydrogen-bond acceptors (Lipinski definition) is 4. The van der Waals surface area contributed by atoms with Gasteiger partial charge in [-0.15, -0.1) is 0 Å². The maximum Gasteiger partial charge on any atom is 0.397 e. The van der Waals surface area contributed by atoms with Gasteiger partial charge in [0.05, 0.1) is 19.6 Å². The van der Waals surface area contributed by atoms with Gasteiger partial charge < -0.3 is 0 Å². The number of nitrogens with zero attached hydrogens (tertiary/aromatic N) is 5. The lowest BCUT2D eigenvalue weighted by Gasteiger charge is -2.35. The van der Waals surface area contributed by atoms with Gasteiger partial charge in [0, 0.05) is 13.0 Å². The second-order valence-electron chi connectivity index (χ2n) is 10.3. The smallest absolute Gasteiger partial charge is 0.270 e. The molecule has 1 fully saturated rings. The third-order valence-electron chi connectivity index (χ3n) is 7.36. The quantitative estimate of drug-likeness (QED) is 0.529. The highest BCUT2D eigenvalue weighted by Crippen LogP contribution is 2.30. The Labute approximate surface area is 211 Å². The van der Waals surface area contributed by atoms with Crippen LogP contribution in [0.2, 0.25) is 0 Å². The molecule has 7 nitrogen and oxygen atoms in total. The van der Waals surface area contributed by atoms with Crippen molar-refractivity contribution in [2.45, 2.75) is 33.4 Å². The van der Waals surface area contributed by atoms with Gasteiger partial charge in [-0.1, -0.05) is 60.4 Å². The van der Waals surface area contributed by atoms with Crippen molar-refractivity contribution in [2.24, 2.45) is 10.9 Å². The molecule has 0 aromatic heterocycles. The lowest BCUT2D eigenvalue weighted by atomic mass is 10.0. The molecule has 0 aliphatic carbocycles. The van der Waals surface area contributed by atoms with Gasteiger partial charge in [-0.2, -0.15) is 0 Å². The number of hydrogen-bond donors (Lipinski definition) is 0. The third-order valence-corrected chi connectivity index (χ3v) is 7.36. The molecular weight excluding hydrogens is 450 g/mol. The Kier molecular flexibility index (Phi) is 5.18. The summed E-state index contributed by atoms with van der Waals surface area (Å²) in [5.41, 5.74) is 4.39. The summed E-state index contributed by atoms with van der Waals surface area (Å²) in [5, 5.41) is 2.14. The lowest BCUT2D eigenvalue weighted by Crippen LogP contribution is -2.63. The van der Waals surface area contributed by atoms with E-state index in [1.54, 1.807) is 11.9 Å². The van der Waals surface area contributed by atoms with Crippen LogP contribution in [0.15, 0.2) is 65.7 Å². The first-order chi connectivity index (χ1) is 17.3. The lowest BCUT2D eigenvalue weighted by molar-refractivity contribution is -0.545. The molecule has 0 saturated carbocycles. The van der Waals surface area contributed by atoms with E-state index in [9.17, 15) is 9.59 Å². The van der Waals surface area contributed by atoms with Gasteiger partial charge in [0.1, 0.15) is 5.69 Å². The molecule has 0 bridgehead atoms.